The fourth-order valence-corrected chi connectivity index (χ4v) is 0.729. The third-order valence-electron chi connectivity index (χ3n) is 1.19. The minimum Gasteiger partial charge on any atom is -0.245 e. The molecule has 0 N–H and O–H groups in total. The molecule has 0 aromatic heterocycles. The van der Waals surface area contributed by atoms with Crippen molar-refractivity contribution in [2.75, 3.05) is 0 Å². The van der Waals surface area contributed by atoms with Crippen molar-refractivity contribution < 1.29 is 0 Å². The summed E-state index contributed by atoms with van der Waals surface area (Å²) in [5.74, 6) is 0.637. The van der Waals surface area contributed by atoms with Crippen LogP contribution in [0, 0.1) is 0 Å². The third kappa shape index (κ3) is 0.699. The number of hydrogen-bond donors (Lipinski definition) is 0. The van der Waals surface area contributed by atoms with Crippen molar-refractivity contribution in [1.29, 1.82) is 0 Å². The summed E-state index contributed by atoms with van der Waals surface area (Å²) in [5, 5.41) is 7.45. The standard InChI is InChI=1S/C6H4N4/c1-2-7-4-8-6-5(1)3-9-10-6/h1-4H. The molecule has 2 rings (SSSR count). The molecule has 0 radical (unpaired) electrons. The molecule has 0 bridgehead atoms. The van der Waals surface area contributed by atoms with Gasteiger partial charge in [-0.05, 0) is 6.07 Å². The van der Waals surface area contributed by atoms with Gasteiger partial charge in [0.05, 0.1) is 6.20 Å². The molecule has 0 aromatic rings. The zero-order valence-corrected chi connectivity index (χ0v) is 5.10. The Kier molecular flexibility index (Phi) is 1.04. The number of hydrogen-bond acceptors (Lipinski definition) is 4. The summed E-state index contributed by atoms with van der Waals surface area (Å²) in [5.41, 5.74) is 0.914. The van der Waals surface area contributed by atoms with Gasteiger partial charge < -0.3 is 0 Å². The lowest BCUT2D eigenvalue weighted by Crippen LogP contribution is -1.74. The maximum atomic E-state index is 3.92. The minimum absolute atomic E-state index is 0.637. The van der Waals surface area contributed by atoms with E-state index in [1.807, 2.05) is 6.07 Å². The molecule has 0 saturated heterocycles. The highest BCUT2D eigenvalue weighted by Crippen LogP contribution is 2.10. The predicted molar refractivity (Wildman–Crippen MR) is 34.2 cm³/mol. The SMILES string of the molecule is c1cc2cnnc-2ncn1. The predicted octanol–water partition coefficient (Wildman–Crippen LogP) is 0.371. The Morgan fingerprint density at radius 1 is 1.30 bits per heavy atom. The molecule has 0 unspecified atom stereocenters. The van der Waals surface area contributed by atoms with E-state index in [-0.39, 0.29) is 0 Å². The van der Waals surface area contributed by atoms with E-state index in [0.29, 0.717) is 5.82 Å². The maximum Gasteiger partial charge on any atom is 0.184 e. The third-order valence-corrected chi connectivity index (χ3v) is 1.19. The second-order valence-corrected chi connectivity index (χ2v) is 1.83. The molecule has 10 heavy (non-hydrogen) atoms. The van der Waals surface area contributed by atoms with Gasteiger partial charge in [-0.15, -0.1) is 5.10 Å². The van der Waals surface area contributed by atoms with Crippen LogP contribution >= 0.6 is 0 Å². The molecule has 2 aliphatic heterocycles. The molecule has 0 spiro atoms. The Balaban J connectivity index is 2.74. The molecule has 2 heterocycles. The van der Waals surface area contributed by atoms with Crippen LogP contribution in [0.2, 0.25) is 0 Å². The minimum atomic E-state index is 0.637. The van der Waals surface area contributed by atoms with Crippen molar-refractivity contribution in [3.8, 4) is 11.4 Å². The van der Waals surface area contributed by atoms with Crippen LogP contribution in [0.5, 0.6) is 0 Å². The largest absolute Gasteiger partial charge is 0.245 e. The fourth-order valence-electron chi connectivity index (χ4n) is 0.729. The van der Waals surface area contributed by atoms with E-state index in [1.165, 1.54) is 6.33 Å². The first-order valence-electron chi connectivity index (χ1n) is 2.84. The molecule has 4 nitrogen and oxygen atoms in total. The topological polar surface area (TPSA) is 51.6 Å². The average molecular weight is 132 g/mol. The monoisotopic (exact) mass is 132 g/mol. The highest BCUT2D eigenvalue weighted by Gasteiger charge is 2.00. The van der Waals surface area contributed by atoms with Crippen LogP contribution in [0.3, 0.4) is 0 Å². The molecule has 0 fully saturated rings. The molecular formula is C6H4N4. The lowest BCUT2D eigenvalue weighted by atomic mass is 10.3. The Labute approximate surface area is 57.3 Å². The van der Waals surface area contributed by atoms with Crippen molar-refractivity contribution in [3.63, 3.8) is 0 Å². The molecule has 4 heteroatoms. The van der Waals surface area contributed by atoms with Gasteiger partial charge in [0, 0.05) is 11.8 Å². The number of fused-ring (bicyclic) bond motifs is 1. The molecular weight excluding hydrogens is 128 g/mol. The van der Waals surface area contributed by atoms with Crippen LogP contribution in [0.1, 0.15) is 0 Å². The molecule has 0 atom stereocenters. The lowest BCUT2D eigenvalue weighted by molar-refractivity contribution is 1.06. The van der Waals surface area contributed by atoms with Gasteiger partial charge in [0.25, 0.3) is 0 Å². The highest BCUT2D eigenvalue weighted by molar-refractivity contribution is 5.52. The van der Waals surface area contributed by atoms with E-state index in [9.17, 15) is 0 Å². The van der Waals surface area contributed by atoms with Crippen LogP contribution in [-0.2, 0) is 0 Å². The zero-order valence-electron chi connectivity index (χ0n) is 5.10. The van der Waals surface area contributed by atoms with E-state index >= 15 is 0 Å². The van der Waals surface area contributed by atoms with Crippen LogP contribution in [0.4, 0.5) is 0 Å². The van der Waals surface area contributed by atoms with Gasteiger partial charge in [-0.1, -0.05) is 0 Å². The summed E-state index contributed by atoms with van der Waals surface area (Å²) in [7, 11) is 0. The van der Waals surface area contributed by atoms with E-state index < -0.39 is 0 Å². The Morgan fingerprint density at radius 3 is 3.30 bits per heavy atom. The van der Waals surface area contributed by atoms with Crippen LogP contribution in [-0.4, -0.2) is 20.2 Å². The van der Waals surface area contributed by atoms with Crippen molar-refractivity contribution in [3.05, 3.63) is 24.8 Å². The van der Waals surface area contributed by atoms with Gasteiger partial charge in [0.2, 0.25) is 0 Å². The number of aromatic nitrogens is 4. The van der Waals surface area contributed by atoms with Gasteiger partial charge in [-0.3, -0.25) is 0 Å². The molecule has 0 aliphatic carbocycles. The zero-order chi connectivity index (χ0) is 6.81. The summed E-state index contributed by atoms with van der Waals surface area (Å²) >= 11 is 0. The van der Waals surface area contributed by atoms with E-state index in [0.717, 1.165) is 5.56 Å². The van der Waals surface area contributed by atoms with Crippen LogP contribution in [0.25, 0.3) is 11.4 Å². The van der Waals surface area contributed by atoms with E-state index in [2.05, 4.69) is 20.2 Å². The quantitative estimate of drug-likeness (QED) is 0.519. The summed E-state index contributed by atoms with van der Waals surface area (Å²) in [6.07, 6.45) is 4.78. The highest BCUT2D eigenvalue weighted by atomic mass is 15.1. The first-order valence-corrected chi connectivity index (χ1v) is 2.84. The van der Waals surface area contributed by atoms with Crippen molar-refractivity contribution in [2.45, 2.75) is 0 Å². The Hall–Kier alpha value is -1.58. The maximum absolute atomic E-state index is 3.92. The van der Waals surface area contributed by atoms with E-state index in [4.69, 9.17) is 0 Å². The second kappa shape index (κ2) is 1.98. The number of nitrogens with zero attached hydrogens (tertiary/aromatic N) is 4. The molecule has 48 valence electrons. The Bertz CT molecular complexity index is 281. The van der Waals surface area contributed by atoms with Crippen molar-refractivity contribution in [2.24, 2.45) is 0 Å². The fraction of sp³-hybridized carbons (Fsp3) is 0. The van der Waals surface area contributed by atoms with Crippen LogP contribution in [0.15, 0.2) is 24.8 Å². The lowest BCUT2D eigenvalue weighted by Gasteiger charge is -1.78. The van der Waals surface area contributed by atoms with Gasteiger partial charge in [-0.25, -0.2) is 9.97 Å². The summed E-state index contributed by atoms with van der Waals surface area (Å²) < 4.78 is 0. The molecule has 2 aliphatic rings. The van der Waals surface area contributed by atoms with Gasteiger partial charge >= 0.3 is 0 Å². The van der Waals surface area contributed by atoms with Gasteiger partial charge in [0.15, 0.2) is 5.82 Å². The molecule has 0 amide bonds. The molecule has 0 aromatic carbocycles. The van der Waals surface area contributed by atoms with Crippen molar-refractivity contribution >= 4 is 0 Å². The summed E-state index contributed by atoms with van der Waals surface area (Å²) in [6, 6.07) is 1.82. The Morgan fingerprint density at radius 2 is 2.30 bits per heavy atom. The normalized spacial score (nSPS) is 10.0. The average Bonchev–Trinajstić information content (AvgIpc) is 2.28. The smallest absolute Gasteiger partial charge is 0.184 e. The van der Waals surface area contributed by atoms with E-state index in [1.54, 1.807) is 12.4 Å². The van der Waals surface area contributed by atoms with Gasteiger partial charge in [-0.2, -0.15) is 5.10 Å². The second-order valence-electron chi connectivity index (χ2n) is 1.83. The van der Waals surface area contributed by atoms with Crippen LogP contribution < -0.4 is 0 Å². The number of rotatable bonds is 0. The summed E-state index contributed by atoms with van der Waals surface area (Å²) in [6.45, 7) is 0. The summed E-state index contributed by atoms with van der Waals surface area (Å²) in [4.78, 5) is 7.74. The first-order chi connectivity index (χ1) is 4.97. The molecule has 0 saturated carbocycles. The van der Waals surface area contributed by atoms with Crippen molar-refractivity contribution in [1.82, 2.24) is 20.2 Å². The first kappa shape index (κ1) is 5.22. The van der Waals surface area contributed by atoms with Gasteiger partial charge in [0.1, 0.15) is 6.33 Å².